The minimum absolute atomic E-state index is 0.125. The summed E-state index contributed by atoms with van der Waals surface area (Å²) >= 11 is 0. The van der Waals surface area contributed by atoms with Crippen molar-refractivity contribution in [2.24, 2.45) is 0 Å². The molecule has 0 spiro atoms. The standard InChI is InChI=1S/C22H21NO2/c24-21(19-9-5-2-6-10-19)15-16-23-22(25)20-13-11-18(12-14-20)17-7-3-1-4-8-17/h1-14,21,24H,15-16H2,(H,23,25)/t21-/m0/s1. The highest BCUT2D eigenvalue weighted by atomic mass is 16.3. The number of benzene rings is 3. The van der Waals surface area contributed by atoms with Crippen molar-refractivity contribution < 1.29 is 9.90 Å². The van der Waals surface area contributed by atoms with Crippen molar-refractivity contribution in [1.82, 2.24) is 5.32 Å². The third-order valence-electron chi connectivity index (χ3n) is 4.14. The fraction of sp³-hybridized carbons (Fsp3) is 0.136. The molecule has 0 aromatic heterocycles. The minimum Gasteiger partial charge on any atom is -0.388 e. The first kappa shape index (κ1) is 16.9. The predicted molar refractivity (Wildman–Crippen MR) is 100 cm³/mol. The molecule has 0 fully saturated rings. The zero-order chi connectivity index (χ0) is 17.5. The lowest BCUT2D eigenvalue weighted by molar-refractivity contribution is 0.0942. The van der Waals surface area contributed by atoms with E-state index >= 15 is 0 Å². The summed E-state index contributed by atoms with van der Waals surface area (Å²) in [6.07, 6.45) is -0.0837. The van der Waals surface area contributed by atoms with E-state index in [1.165, 1.54) is 0 Å². The normalized spacial score (nSPS) is 11.7. The molecule has 0 unspecified atom stereocenters. The second-order valence-electron chi connectivity index (χ2n) is 5.91. The van der Waals surface area contributed by atoms with Gasteiger partial charge >= 0.3 is 0 Å². The molecule has 3 aromatic carbocycles. The summed E-state index contributed by atoms with van der Waals surface area (Å²) < 4.78 is 0. The van der Waals surface area contributed by atoms with Crippen LogP contribution in [0.25, 0.3) is 11.1 Å². The molecule has 0 saturated carbocycles. The summed E-state index contributed by atoms with van der Waals surface area (Å²) in [5.41, 5.74) is 3.69. The monoisotopic (exact) mass is 331 g/mol. The van der Waals surface area contributed by atoms with Crippen LogP contribution in [0.5, 0.6) is 0 Å². The maximum atomic E-state index is 12.2. The van der Waals surface area contributed by atoms with Crippen molar-refractivity contribution >= 4 is 5.91 Å². The number of aliphatic hydroxyl groups is 1. The van der Waals surface area contributed by atoms with E-state index in [9.17, 15) is 9.90 Å². The first-order chi connectivity index (χ1) is 12.2. The van der Waals surface area contributed by atoms with Crippen molar-refractivity contribution in [3.8, 4) is 11.1 Å². The maximum absolute atomic E-state index is 12.2. The summed E-state index contributed by atoms with van der Waals surface area (Å²) in [6, 6.07) is 27.1. The van der Waals surface area contributed by atoms with Gasteiger partial charge in [-0.3, -0.25) is 4.79 Å². The molecule has 2 N–H and O–H groups in total. The number of amides is 1. The van der Waals surface area contributed by atoms with Crippen molar-refractivity contribution in [3.05, 3.63) is 96.1 Å². The molecule has 0 radical (unpaired) electrons. The van der Waals surface area contributed by atoms with Gasteiger partial charge in [-0.1, -0.05) is 72.8 Å². The molecule has 0 bridgehead atoms. The Morgan fingerprint density at radius 1 is 0.800 bits per heavy atom. The van der Waals surface area contributed by atoms with Crippen LogP contribution in [0, 0.1) is 0 Å². The van der Waals surface area contributed by atoms with Gasteiger partial charge in [0.25, 0.3) is 5.91 Å². The Kier molecular flexibility index (Phi) is 5.60. The van der Waals surface area contributed by atoms with Crippen molar-refractivity contribution in [2.75, 3.05) is 6.54 Å². The quantitative estimate of drug-likeness (QED) is 0.711. The van der Waals surface area contributed by atoms with Crippen LogP contribution in [0.3, 0.4) is 0 Å². The predicted octanol–water partition coefficient (Wildman–Crippen LogP) is 4.21. The van der Waals surface area contributed by atoms with Crippen LogP contribution < -0.4 is 5.32 Å². The lowest BCUT2D eigenvalue weighted by Crippen LogP contribution is -2.25. The van der Waals surface area contributed by atoms with Crippen LogP contribution in [0.4, 0.5) is 0 Å². The lowest BCUT2D eigenvalue weighted by atomic mass is 10.0. The SMILES string of the molecule is O=C(NCC[C@H](O)c1ccccc1)c1ccc(-c2ccccc2)cc1. The van der Waals surface area contributed by atoms with E-state index in [2.05, 4.69) is 5.32 Å². The first-order valence-electron chi connectivity index (χ1n) is 8.41. The molecule has 3 rings (SSSR count). The van der Waals surface area contributed by atoms with Crippen LogP contribution in [0.2, 0.25) is 0 Å². The van der Waals surface area contributed by atoms with E-state index in [4.69, 9.17) is 0 Å². The number of nitrogens with one attached hydrogen (secondary N) is 1. The number of rotatable bonds is 6. The second kappa shape index (κ2) is 8.27. The highest BCUT2D eigenvalue weighted by Crippen LogP contribution is 2.19. The average molecular weight is 331 g/mol. The summed E-state index contributed by atoms with van der Waals surface area (Å²) in [5.74, 6) is -0.125. The summed E-state index contributed by atoms with van der Waals surface area (Å²) in [7, 11) is 0. The molecular formula is C22H21NO2. The summed E-state index contributed by atoms with van der Waals surface area (Å²) in [6.45, 7) is 0.426. The molecule has 126 valence electrons. The summed E-state index contributed by atoms with van der Waals surface area (Å²) in [4.78, 5) is 12.2. The zero-order valence-corrected chi connectivity index (χ0v) is 13.9. The van der Waals surface area contributed by atoms with E-state index in [0.717, 1.165) is 16.7 Å². The molecule has 3 heteroatoms. The number of hydrogen-bond donors (Lipinski definition) is 2. The highest BCUT2D eigenvalue weighted by molar-refractivity contribution is 5.94. The third kappa shape index (κ3) is 4.55. The Bertz CT molecular complexity index is 798. The Morgan fingerprint density at radius 2 is 1.36 bits per heavy atom. The minimum atomic E-state index is -0.568. The zero-order valence-electron chi connectivity index (χ0n) is 13.9. The van der Waals surface area contributed by atoms with Gasteiger partial charge in [-0.15, -0.1) is 0 Å². The van der Waals surface area contributed by atoms with Crippen molar-refractivity contribution in [3.63, 3.8) is 0 Å². The molecule has 1 amide bonds. The molecule has 1 atom stereocenters. The number of aliphatic hydroxyl groups excluding tert-OH is 1. The van der Waals surface area contributed by atoms with Gasteiger partial charge in [0.05, 0.1) is 6.10 Å². The van der Waals surface area contributed by atoms with E-state index in [1.807, 2.05) is 84.9 Å². The van der Waals surface area contributed by atoms with Gasteiger partial charge in [-0.05, 0) is 35.2 Å². The maximum Gasteiger partial charge on any atom is 0.251 e. The van der Waals surface area contributed by atoms with E-state index < -0.39 is 6.10 Å². The fourth-order valence-electron chi connectivity index (χ4n) is 2.71. The Labute approximate surface area is 148 Å². The third-order valence-corrected chi connectivity index (χ3v) is 4.14. The Morgan fingerprint density at radius 3 is 2.00 bits per heavy atom. The van der Waals surface area contributed by atoms with Gasteiger partial charge in [0.1, 0.15) is 0 Å². The van der Waals surface area contributed by atoms with E-state index in [-0.39, 0.29) is 5.91 Å². The highest BCUT2D eigenvalue weighted by Gasteiger charge is 2.09. The van der Waals surface area contributed by atoms with Crippen molar-refractivity contribution in [1.29, 1.82) is 0 Å². The average Bonchev–Trinajstić information content (AvgIpc) is 2.69. The van der Waals surface area contributed by atoms with Gasteiger partial charge in [-0.2, -0.15) is 0 Å². The molecule has 3 nitrogen and oxygen atoms in total. The molecule has 25 heavy (non-hydrogen) atoms. The molecule has 0 heterocycles. The molecule has 0 aliphatic heterocycles. The van der Waals surface area contributed by atoms with Gasteiger partial charge in [-0.25, -0.2) is 0 Å². The Hall–Kier alpha value is -2.91. The van der Waals surface area contributed by atoms with Gasteiger partial charge in [0.2, 0.25) is 0 Å². The fourth-order valence-corrected chi connectivity index (χ4v) is 2.71. The van der Waals surface area contributed by atoms with Crippen LogP contribution in [-0.4, -0.2) is 17.6 Å². The van der Waals surface area contributed by atoms with Crippen LogP contribution in [-0.2, 0) is 0 Å². The van der Waals surface area contributed by atoms with Crippen LogP contribution in [0.1, 0.15) is 28.4 Å². The lowest BCUT2D eigenvalue weighted by Gasteiger charge is -2.12. The number of hydrogen-bond acceptors (Lipinski definition) is 2. The first-order valence-corrected chi connectivity index (χ1v) is 8.41. The van der Waals surface area contributed by atoms with Crippen LogP contribution in [0.15, 0.2) is 84.9 Å². The topological polar surface area (TPSA) is 49.3 Å². The van der Waals surface area contributed by atoms with Gasteiger partial charge in [0, 0.05) is 12.1 Å². The Balaban J connectivity index is 1.53. The van der Waals surface area contributed by atoms with Gasteiger partial charge < -0.3 is 10.4 Å². The molecule has 0 saturated heterocycles. The number of carbonyl (C=O) groups excluding carboxylic acids is 1. The molecule has 3 aromatic rings. The van der Waals surface area contributed by atoms with E-state index in [1.54, 1.807) is 0 Å². The smallest absolute Gasteiger partial charge is 0.251 e. The number of carbonyl (C=O) groups is 1. The van der Waals surface area contributed by atoms with Crippen LogP contribution >= 0.6 is 0 Å². The largest absolute Gasteiger partial charge is 0.388 e. The molecular weight excluding hydrogens is 310 g/mol. The molecule has 0 aliphatic carbocycles. The molecule has 0 aliphatic rings. The van der Waals surface area contributed by atoms with Crippen molar-refractivity contribution in [2.45, 2.75) is 12.5 Å². The van der Waals surface area contributed by atoms with Gasteiger partial charge in [0.15, 0.2) is 0 Å². The second-order valence-corrected chi connectivity index (χ2v) is 5.91. The van der Waals surface area contributed by atoms with E-state index in [0.29, 0.717) is 18.5 Å². The summed E-state index contributed by atoms with van der Waals surface area (Å²) in [5, 5.41) is 13.0.